The van der Waals surface area contributed by atoms with Gasteiger partial charge in [0.25, 0.3) is 0 Å². The molecule has 1 saturated heterocycles. The molecule has 0 bridgehead atoms. The van der Waals surface area contributed by atoms with Crippen molar-refractivity contribution in [2.75, 3.05) is 6.61 Å². The molecule has 1 aliphatic heterocycles. The Morgan fingerprint density at radius 2 is 2.25 bits per heavy atom. The second-order valence-electron chi connectivity index (χ2n) is 3.86. The van der Waals surface area contributed by atoms with Crippen LogP contribution in [0.2, 0.25) is 0 Å². The van der Waals surface area contributed by atoms with Crippen molar-refractivity contribution in [3.63, 3.8) is 0 Å². The van der Waals surface area contributed by atoms with E-state index in [9.17, 15) is 9.59 Å². The fraction of sp³-hybridized carbons (Fsp3) is 0.333. The van der Waals surface area contributed by atoms with Crippen LogP contribution in [0.15, 0.2) is 24.3 Å². The van der Waals surface area contributed by atoms with Crippen molar-refractivity contribution < 1.29 is 14.3 Å². The zero-order valence-corrected chi connectivity index (χ0v) is 9.03. The molecule has 1 N–H and O–H groups in total. The highest BCUT2D eigenvalue weighted by atomic mass is 16.6. The molecule has 0 spiro atoms. The zero-order valence-electron chi connectivity index (χ0n) is 9.03. The summed E-state index contributed by atoms with van der Waals surface area (Å²) in [6.45, 7) is 1.91. The molecule has 1 heterocycles. The Balaban J connectivity index is 2.14. The average molecular weight is 219 g/mol. The number of hydrogen-bond donors (Lipinski definition) is 1. The van der Waals surface area contributed by atoms with Crippen LogP contribution >= 0.6 is 0 Å². The Morgan fingerprint density at radius 1 is 1.50 bits per heavy atom. The van der Waals surface area contributed by atoms with E-state index < -0.39 is 0 Å². The molecule has 4 nitrogen and oxygen atoms in total. The summed E-state index contributed by atoms with van der Waals surface area (Å²) in [5.74, 6) is 0.0424. The van der Waals surface area contributed by atoms with Gasteiger partial charge >= 0.3 is 6.09 Å². The van der Waals surface area contributed by atoms with Gasteiger partial charge in [0.1, 0.15) is 6.61 Å². The number of carbonyl (C=O) groups is 2. The van der Waals surface area contributed by atoms with Crippen molar-refractivity contribution in [2.45, 2.75) is 19.4 Å². The second-order valence-corrected chi connectivity index (χ2v) is 3.86. The number of amides is 1. The van der Waals surface area contributed by atoms with Gasteiger partial charge < -0.3 is 10.1 Å². The van der Waals surface area contributed by atoms with Crippen molar-refractivity contribution in [3.8, 4) is 0 Å². The lowest BCUT2D eigenvalue weighted by atomic mass is 9.98. The van der Waals surface area contributed by atoms with Crippen LogP contribution in [0.5, 0.6) is 0 Å². The van der Waals surface area contributed by atoms with Crippen molar-refractivity contribution in [1.29, 1.82) is 0 Å². The Labute approximate surface area is 93.6 Å². The Kier molecular flexibility index (Phi) is 2.90. The van der Waals surface area contributed by atoms with Crippen LogP contribution in [-0.2, 0) is 11.2 Å². The molecule has 1 aromatic rings. The van der Waals surface area contributed by atoms with Crippen LogP contribution in [-0.4, -0.2) is 24.5 Å². The van der Waals surface area contributed by atoms with Gasteiger partial charge in [0, 0.05) is 5.56 Å². The second kappa shape index (κ2) is 4.35. The quantitative estimate of drug-likeness (QED) is 0.784. The highest BCUT2D eigenvalue weighted by molar-refractivity contribution is 5.95. The highest BCUT2D eigenvalue weighted by Gasteiger charge is 2.23. The summed E-state index contributed by atoms with van der Waals surface area (Å²) in [6.07, 6.45) is 0.243. The minimum absolute atomic E-state index is 0.0343. The summed E-state index contributed by atoms with van der Waals surface area (Å²) in [5.41, 5.74) is 1.66. The van der Waals surface area contributed by atoms with E-state index in [1.54, 1.807) is 13.0 Å². The maximum atomic E-state index is 11.4. The van der Waals surface area contributed by atoms with E-state index in [-0.39, 0.29) is 17.9 Å². The van der Waals surface area contributed by atoms with Crippen molar-refractivity contribution >= 4 is 11.9 Å². The Morgan fingerprint density at radius 3 is 2.88 bits per heavy atom. The summed E-state index contributed by atoms with van der Waals surface area (Å²) < 4.78 is 4.80. The third kappa shape index (κ3) is 2.21. The molecule has 1 fully saturated rings. The van der Waals surface area contributed by atoms with Crippen molar-refractivity contribution in [2.24, 2.45) is 0 Å². The third-order valence-corrected chi connectivity index (χ3v) is 2.60. The van der Waals surface area contributed by atoms with Gasteiger partial charge in [-0.05, 0) is 18.9 Å². The van der Waals surface area contributed by atoms with Gasteiger partial charge in [-0.2, -0.15) is 0 Å². The molecule has 84 valence electrons. The zero-order chi connectivity index (χ0) is 11.5. The number of nitrogens with one attached hydrogen (secondary N) is 1. The first kappa shape index (κ1) is 10.7. The van der Waals surface area contributed by atoms with Gasteiger partial charge in [0.15, 0.2) is 5.78 Å². The fourth-order valence-electron chi connectivity index (χ4n) is 1.84. The van der Waals surface area contributed by atoms with Gasteiger partial charge in [0.2, 0.25) is 0 Å². The van der Waals surface area contributed by atoms with Crippen LogP contribution in [0.1, 0.15) is 22.8 Å². The van der Waals surface area contributed by atoms with Crippen LogP contribution in [0.4, 0.5) is 4.79 Å². The summed E-state index contributed by atoms with van der Waals surface area (Å²) in [4.78, 5) is 22.2. The van der Waals surface area contributed by atoms with Crippen LogP contribution in [0, 0.1) is 0 Å². The van der Waals surface area contributed by atoms with E-state index in [4.69, 9.17) is 4.74 Å². The molecular formula is C12H13NO3. The number of carbonyl (C=O) groups excluding carboxylic acids is 2. The molecular weight excluding hydrogens is 206 g/mol. The van der Waals surface area contributed by atoms with Crippen molar-refractivity contribution in [3.05, 3.63) is 35.4 Å². The number of alkyl carbamates (subject to hydrolysis) is 1. The molecule has 4 heteroatoms. The first-order chi connectivity index (χ1) is 7.66. The number of cyclic esters (lactones) is 1. The first-order valence-electron chi connectivity index (χ1n) is 5.19. The predicted octanol–water partition coefficient (Wildman–Crippen LogP) is 1.54. The molecule has 0 saturated carbocycles. The van der Waals surface area contributed by atoms with E-state index >= 15 is 0 Å². The normalized spacial score (nSPS) is 19.1. The van der Waals surface area contributed by atoms with Crippen LogP contribution in [0.25, 0.3) is 0 Å². The Hall–Kier alpha value is -1.84. The van der Waals surface area contributed by atoms with E-state index in [2.05, 4.69) is 5.32 Å². The number of benzene rings is 1. The monoisotopic (exact) mass is 219 g/mol. The first-order valence-corrected chi connectivity index (χ1v) is 5.19. The lowest BCUT2D eigenvalue weighted by molar-refractivity contribution is 0.101. The van der Waals surface area contributed by atoms with Crippen LogP contribution in [0.3, 0.4) is 0 Å². The van der Waals surface area contributed by atoms with Gasteiger partial charge in [0.05, 0.1) is 6.04 Å². The maximum absolute atomic E-state index is 11.4. The molecule has 1 aromatic carbocycles. The third-order valence-electron chi connectivity index (χ3n) is 2.60. The molecule has 1 atom stereocenters. The van der Waals surface area contributed by atoms with E-state index in [1.807, 2.05) is 18.2 Å². The SMILES string of the molecule is CC(=O)c1ccccc1CC1COC(=O)N1. The molecule has 2 rings (SSSR count). The number of Topliss-reactive ketones (excluding diaryl/α,β-unsaturated/α-hetero) is 1. The summed E-state index contributed by atoms with van der Waals surface area (Å²) in [7, 11) is 0. The number of ketones is 1. The molecule has 0 aliphatic carbocycles. The summed E-state index contributed by atoms with van der Waals surface area (Å²) in [6, 6.07) is 7.40. The molecule has 0 aromatic heterocycles. The molecule has 1 unspecified atom stereocenters. The van der Waals surface area contributed by atoms with Gasteiger partial charge in [-0.25, -0.2) is 4.79 Å². The van der Waals surface area contributed by atoms with Gasteiger partial charge in [-0.3, -0.25) is 4.79 Å². The molecule has 0 radical (unpaired) electrons. The van der Waals surface area contributed by atoms with Gasteiger partial charge in [-0.1, -0.05) is 24.3 Å². The minimum Gasteiger partial charge on any atom is -0.447 e. The largest absolute Gasteiger partial charge is 0.447 e. The predicted molar refractivity (Wildman–Crippen MR) is 58.4 cm³/mol. The van der Waals surface area contributed by atoms with Gasteiger partial charge in [-0.15, -0.1) is 0 Å². The topological polar surface area (TPSA) is 55.4 Å². The highest BCUT2D eigenvalue weighted by Crippen LogP contribution is 2.13. The lowest BCUT2D eigenvalue weighted by Gasteiger charge is -2.10. The number of hydrogen-bond acceptors (Lipinski definition) is 3. The standard InChI is InChI=1S/C12H13NO3/c1-8(14)11-5-3-2-4-9(11)6-10-7-16-12(15)13-10/h2-5,10H,6-7H2,1H3,(H,13,15). The summed E-state index contributed by atoms with van der Waals surface area (Å²) >= 11 is 0. The number of ether oxygens (including phenoxy) is 1. The maximum Gasteiger partial charge on any atom is 0.407 e. The molecule has 1 amide bonds. The van der Waals surface area contributed by atoms with E-state index in [0.717, 1.165) is 5.56 Å². The van der Waals surface area contributed by atoms with E-state index in [0.29, 0.717) is 18.6 Å². The number of rotatable bonds is 3. The van der Waals surface area contributed by atoms with E-state index in [1.165, 1.54) is 0 Å². The smallest absolute Gasteiger partial charge is 0.407 e. The molecule has 1 aliphatic rings. The minimum atomic E-state index is -0.384. The average Bonchev–Trinajstić information content (AvgIpc) is 2.64. The Bertz CT molecular complexity index is 428. The summed E-state index contributed by atoms with van der Waals surface area (Å²) in [5, 5.41) is 2.70. The fourth-order valence-corrected chi connectivity index (χ4v) is 1.84. The lowest BCUT2D eigenvalue weighted by Crippen LogP contribution is -2.28. The molecule has 16 heavy (non-hydrogen) atoms. The van der Waals surface area contributed by atoms with Crippen LogP contribution < -0.4 is 5.32 Å². The van der Waals surface area contributed by atoms with Crippen molar-refractivity contribution in [1.82, 2.24) is 5.32 Å².